The summed E-state index contributed by atoms with van der Waals surface area (Å²) in [6.45, 7) is 0. The van der Waals surface area contributed by atoms with Crippen LogP contribution in [0.15, 0.2) is 97.2 Å². The van der Waals surface area contributed by atoms with Crippen molar-refractivity contribution in [1.82, 2.24) is 9.97 Å². The molecular weight excluding hydrogens is 765 g/mol. The van der Waals surface area contributed by atoms with E-state index in [1.54, 1.807) is 30.3 Å². The molecule has 2 N–H and O–H groups in total. The Morgan fingerprint density at radius 1 is 0.727 bits per heavy atom. The second-order valence-corrected chi connectivity index (χ2v) is 14.2. The normalized spacial score (nSPS) is 15.9. The van der Waals surface area contributed by atoms with Crippen molar-refractivity contribution >= 4 is 34.6 Å². The second-order valence-electron chi connectivity index (χ2n) is 12.3. The summed E-state index contributed by atoms with van der Waals surface area (Å²) in [5.74, 6) is -0.741. The Hall–Kier alpha value is -6.00. The minimum absolute atomic E-state index is 0.0677. The number of aryl methyl sites for hydroxylation is 2. The van der Waals surface area contributed by atoms with Gasteiger partial charge in [0.05, 0.1) is 6.20 Å². The van der Waals surface area contributed by atoms with Crippen LogP contribution in [-0.2, 0) is 19.0 Å². The maximum atomic E-state index is 13.4. The highest BCUT2D eigenvalue weighted by Gasteiger charge is 2.40. The van der Waals surface area contributed by atoms with E-state index in [-0.39, 0.29) is 39.0 Å². The molecule has 0 spiro atoms. The number of hydrogen-bond acceptors (Lipinski definition) is 10. The molecule has 2 aromatic heterocycles. The third-order valence-corrected chi connectivity index (χ3v) is 10.3. The lowest BCUT2D eigenvalue weighted by atomic mass is 9.97. The lowest BCUT2D eigenvalue weighted by molar-refractivity contribution is -0.141. The standard InChI is InChI=1S/C20H14F3NO4S.C19H14FNO4S/c21-20(22,23)17-16(18(25)26)29-19(24-17)27-13-7-9-15-12(10-13)6-8-14(28-15)11-4-2-1-3-5-11;20-13-3-1-2-11(8-13)15-6-4-12-9-14(5-7-16(12)25-15)24-19-21-10-17(26-19)18(22)23/h1-5,7,9-10,14H,6,8H2,(H,25,26);1-3,5,7-10,15H,4,6H2,(H,22,23). The number of thiazole rings is 2. The number of carboxylic acid groups (broad SMARTS) is 2. The average Bonchev–Trinajstić information content (AvgIpc) is 3.83. The number of aromatic nitrogens is 2. The quantitative estimate of drug-likeness (QED) is 0.143. The van der Waals surface area contributed by atoms with Gasteiger partial charge in [0, 0.05) is 0 Å². The molecule has 6 aromatic rings. The monoisotopic (exact) mass is 792 g/mol. The first-order valence-electron chi connectivity index (χ1n) is 16.7. The van der Waals surface area contributed by atoms with Crippen molar-refractivity contribution in [3.63, 3.8) is 0 Å². The molecule has 0 bridgehead atoms. The molecule has 0 saturated carbocycles. The van der Waals surface area contributed by atoms with Gasteiger partial charge in [-0.25, -0.2) is 19.0 Å². The van der Waals surface area contributed by atoms with Crippen molar-refractivity contribution in [2.75, 3.05) is 0 Å². The fourth-order valence-electron chi connectivity index (χ4n) is 5.99. The number of ether oxygens (including phenoxy) is 4. The summed E-state index contributed by atoms with van der Waals surface area (Å²) in [5, 5.41) is 17.8. The number of benzene rings is 4. The van der Waals surface area contributed by atoms with Crippen LogP contribution < -0.4 is 18.9 Å². The summed E-state index contributed by atoms with van der Waals surface area (Å²) in [5.41, 5.74) is 2.28. The number of aromatic carboxylic acids is 2. The molecule has 2 unspecified atom stereocenters. The Balaban J connectivity index is 0.000000170. The second kappa shape index (κ2) is 15.8. The van der Waals surface area contributed by atoms with Crippen LogP contribution in [0.4, 0.5) is 17.6 Å². The van der Waals surface area contributed by atoms with Gasteiger partial charge in [0.15, 0.2) is 5.69 Å². The van der Waals surface area contributed by atoms with Crippen molar-refractivity contribution in [3.8, 4) is 33.4 Å². The van der Waals surface area contributed by atoms with Crippen LogP contribution in [0.2, 0.25) is 0 Å². The van der Waals surface area contributed by atoms with Crippen LogP contribution in [0.25, 0.3) is 0 Å². The maximum Gasteiger partial charge on any atom is 0.435 e. The first kappa shape index (κ1) is 37.3. The molecule has 0 saturated heterocycles. The molecule has 2 atom stereocenters. The maximum absolute atomic E-state index is 13.4. The molecule has 4 aromatic carbocycles. The molecular formula is C39H28F4N2O8S2. The molecule has 2 aliphatic heterocycles. The van der Waals surface area contributed by atoms with E-state index in [1.165, 1.54) is 18.3 Å². The topological polar surface area (TPSA) is 137 Å². The highest BCUT2D eigenvalue weighted by Crippen LogP contribution is 2.42. The van der Waals surface area contributed by atoms with E-state index in [0.717, 1.165) is 58.6 Å². The lowest BCUT2D eigenvalue weighted by Gasteiger charge is -2.26. The molecule has 0 radical (unpaired) electrons. The van der Waals surface area contributed by atoms with Gasteiger partial charge in [-0.2, -0.15) is 18.2 Å². The van der Waals surface area contributed by atoms with Crippen molar-refractivity contribution in [3.05, 3.63) is 141 Å². The van der Waals surface area contributed by atoms with Gasteiger partial charge in [-0.15, -0.1) is 0 Å². The van der Waals surface area contributed by atoms with E-state index >= 15 is 0 Å². The smallest absolute Gasteiger partial charge is 0.435 e. The predicted molar refractivity (Wildman–Crippen MR) is 192 cm³/mol. The van der Waals surface area contributed by atoms with Gasteiger partial charge in [-0.3, -0.25) is 0 Å². The summed E-state index contributed by atoms with van der Waals surface area (Å²) < 4.78 is 75.4. The molecule has 0 fully saturated rings. The van der Waals surface area contributed by atoms with Crippen molar-refractivity contribution in [2.24, 2.45) is 0 Å². The zero-order chi connectivity index (χ0) is 38.7. The molecule has 0 amide bonds. The Morgan fingerprint density at radius 2 is 1.33 bits per heavy atom. The van der Waals surface area contributed by atoms with Gasteiger partial charge in [0.25, 0.3) is 10.4 Å². The number of rotatable bonds is 8. The molecule has 55 heavy (non-hydrogen) atoms. The zero-order valence-electron chi connectivity index (χ0n) is 28.3. The van der Waals surface area contributed by atoms with Crippen LogP contribution in [0.3, 0.4) is 0 Å². The summed E-state index contributed by atoms with van der Waals surface area (Å²) >= 11 is 1.31. The van der Waals surface area contributed by atoms with Crippen molar-refractivity contribution in [2.45, 2.75) is 44.1 Å². The number of nitrogens with zero attached hydrogens (tertiary/aromatic N) is 2. The summed E-state index contributed by atoms with van der Waals surface area (Å²) in [7, 11) is 0. The number of hydrogen-bond donors (Lipinski definition) is 2. The molecule has 2 aliphatic rings. The van der Waals surface area contributed by atoms with Crippen LogP contribution in [-0.4, -0.2) is 32.1 Å². The molecule has 282 valence electrons. The Morgan fingerprint density at radius 3 is 1.87 bits per heavy atom. The molecule has 0 aliphatic carbocycles. The third-order valence-electron chi connectivity index (χ3n) is 8.52. The van der Waals surface area contributed by atoms with Crippen LogP contribution >= 0.6 is 22.7 Å². The highest BCUT2D eigenvalue weighted by atomic mass is 32.1. The van der Waals surface area contributed by atoms with Gasteiger partial charge in [0.1, 0.15) is 50.8 Å². The molecule has 16 heteroatoms. The Kier molecular flexibility index (Phi) is 10.7. The Bertz CT molecular complexity index is 2350. The Labute approximate surface area is 318 Å². The van der Waals surface area contributed by atoms with Crippen LogP contribution in [0.5, 0.6) is 33.4 Å². The van der Waals surface area contributed by atoms with Gasteiger partial charge in [-0.1, -0.05) is 65.1 Å². The fourth-order valence-corrected chi connectivity index (χ4v) is 7.41. The largest absolute Gasteiger partial charge is 0.485 e. The molecule has 10 nitrogen and oxygen atoms in total. The first-order valence-corrected chi connectivity index (χ1v) is 18.3. The lowest BCUT2D eigenvalue weighted by Crippen LogP contribution is -2.15. The van der Waals surface area contributed by atoms with Crippen LogP contribution in [0.1, 0.15) is 72.3 Å². The first-order chi connectivity index (χ1) is 26.4. The van der Waals surface area contributed by atoms with E-state index in [0.29, 0.717) is 29.3 Å². The number of carbonyl (C=O) groups is 2. The molecule has 8 rings (SSSR count). The number of halogens is 4. The summed E-state index contributed by atoms with van der Waals surface area (Å²) in [6, 6.07) is 26.6. The van der Waals surface area contributed by atoms with Gasteiger partial charge >= 0.3 is 18.1 Å². The third kappa shape index (κ3) is 8.87. The van der Waals surface area contributed by atoms with Crippen molar-refractivity contribution < 1.29 is 56.3 Å². The minimum atomic E-state index is -4.87. The number of fused-ring (bicyclic) bond motifs is 2. The van der Waals surface area contributed by atoms with E-state index in [1.807, 2.05) is 48.5 Å². The van der Waals surface area contributed by atoms with Gasteiger partial charge in [-0.05, 0) is 96.5 Å². The minimum Gasteiger partial charge on any atom is -0.485 e. The predicted octanol–water partition coefficient (Wildman–Crippen LogP) is 10.6. The van der Waals surface area contributed by atoms with Crippen molar-refractivity contribution in [1.29, 1.82) is 0 Å². The number of alkyl halides is 3. The highest BCUT2D eigenvalue weighted by molar-refractivity contribution is 7.15. The average molecular weight is 793 g/mol. The van der Waals surface area contributed by atoms with E-state index in [9.17, 15) is 27.2 Å². The summed E-state index contributed by atoms with van der Waals surface area (Å²) in [6.07, 6.45) is -0.886. The van der Waals surface area contributed by atoms with Gasteiger partial charge in [0.2, 0.25) is 0 Å². The van der Waals surface area contributed by atoms with E-state index in [4.69, 9.17) is 29.2 Å². The molecule has 4 heterocycles. The van der Waals surface area contributed by atoms with Gasteiger partial charge < -0.3 is 29.2 Å². The SMILES string of the molecule is O=C(O)c1cnc(Oc2ccc3c(c2)CCC(c2cccc(F)c2)O3)s1.O=C(O)c1sc(Oc2ccc3c(c2)CCC(c2ccccc2)O3)nc1C(F)(F)F. The summed E-state index contributed by atoms with van der Waals surface area (Å²) in [4.78, 5) is 28.5. The van der Waals surface area contributed by atoms with E-state index in [2.05, 4.69) is 9.97 Å². The zero-order valence-corrected chi connectivity index (χ0v) is 29.9. The number of carboxylic acids is 2. The fraction of sp³-hybridized carbons (Fsp3) is 0.179. The van der Waals surface area contributed by atoms with Crippen LogP contribution in [0, 0.1) is 5.82 Å². The van der Waals surface area contributed by atoms with E-state index < -0.39 is 28.7 Å².